The van der Waals surface area contributed by atoms with Crippen molar-refractivity contribution in [2.45, 2.75) is 38.8 Å². The molecule has 28 heavy (non-hydrogen) atoms. The van der Waals surface area contributed by atoms with Gasteiger partial charge in [-0.05, 0) is 30.0 Å². The number of methoxy groups -OCH3 is 1. The fourth-order valence-electron chi connectivity index (χ4n) is 3.57. The van der Waals surface area contributed by atoms with E-state index in [9.17, 15) is 14.0 Å². The number of urea groups is 1. The predicted octanol–water partition coefficient (Wildman–Crippen LogP) is 2.79. The minimum Gasteiger partial charge on any atom is -0.467 e. The van der Waals surface area contributed by atoms with Crippen molar-refractivity contribution < 1.29 is 18.7 Å². The molecule has 1 aliphatic heterocycles. The van der Waals surface area contributed by atoms with Crippen molar-refractivity contribution in [1.29, 1.82) is 0 Å². The number of carbonyl (C=O) groups excluding carboxylic acids is 2. The smallest absolute Gasteiger partial charge is 0.328 e. The topological polar surface area (TPSA) is 87.3 Å². The molecule has 1 unspecified atom stereocenters. The standard InChI is InChI=1S/C20H25FN4O3/c1-12(2)9-16(19(26)28-3)24-20(27)25-8-7-15-17(23-11-22-15)18(25)13-5-4-6-14(21)10-13/h4-6,10-12,16,18H,7-9H2,1-3H3,(H,22,23)(H,24,27)/t16-,18?/m0/s1. The van der Waals surface area contributed by atoms with Gasteiger partial charge in [0.25, 0.3) is 0 Å². The van der Waals surface area contributed by atoms with Crippen LogP contribution in [0.3, 0.4) is 0 Å². The van der Waals surface area contributed by atoms with Gasteiger partial charge in [0.05, 0.1) is 19.1 Å². The Balaban J connectivity index is 1.90. The molecule has 0 aliphatic carbocycles. The third kappa shape index (κ3) is 4.16. The molecular weight excluding hydrogens is 363 g/mol. The van der Waals surface area contributed by atoms with E-state index in [1.807, 2.05) is 13.8 Å². The molecule has 0 fully saturated rings. The Bertz CT molecular complexity index is 851. The van der Waals surface area contributed by atoms with Crippen LogP contribution in [0.1, 0.15) is 43.3 Å². The van der Waals surface area contributed by atoms with Crippen LogP contribution in [0.15, 0.2) is 30.6 Å². The summed E-state index contributed by atoms with van der Waals surface area (Å²) >= 11 is 0. The lowest BCUT2D eigenvalue weighted by atomic mass is 9.96. The summed E-state index contributed by atoms with van der Waals surface area (Å²) in [4.78, 5) is 34.2. The summed E-state index contributed by atoms with van der Waals surface area (Å²) in [6.45, 7) is 4.35. The number of fused-ring (bicyclic) bond motifs is 1. The monoisotopic (exact) mass is 388 g/mol. The number of carbonyl (C=O) groups is 2. The molecule has 8 heteroatoms. The molecule has 1 aromatic heterocycles. The zero-order valence-corrected chi connectivity index (χ0v) is 16.2. The van der Waals surface area contributed by atoms with E-state index in [1.54, 1.807) is 23.4 Å². The molecule has 0 saturated heterocycles. The number of H-pyrrole nitrogens is 1. The number of aromatic amines is 1. The van der Waals surface area contributed by atoms with Crippen LogP contribution < -0.4 is 5.32 Å². The summed E-state index contributed by atoms with van der Waals surface area (Å²) in [6, 6.07) is 4.45. The highest BCUT2D eigenvalue weighted by atomic mass is 19.1. The van der Waals surface area contributed by atoms with Crippen molar-refractivity contribution in [1.82, 2.24) is 20.2 Å². The molecule has 2 amide bonds. The van der Waals surface area contributed by atoms with Gasteiger partial charge in [-0.1, -0.05) is 26.0 Å². The zero-order valence-electron chi connectivity index (χ0n) is 16.2. The largest absolute Gasteiger partial charge is 0.467 e. The van der Waals surface area contributed by atoms with Crippen molar-refractivity contribution in [2.24, 2.45) is 5.92 Å². The van der Waals surface area contributed by atoms with E-state index in [0.29, 0.717) is 30.6 Å². The normalized spacial score (nSPS) is 17.2. The highest BCUT2D eigenvalue weighted by Gasteiger charge is 2.36. The first kappa shape index (κ1) is 19.9. The summed E-state index contributed by atoms with van der Waals surface area (Å²) in [5.74, 6) is -0.669. The van der Waals surface area contributed by atoms with Gasteiger partial charge in [-0.25, -0.2) is 19.0 Å². The summed E-state index contributed by atoms with van der Waals surface area (Å²) in [5.41, 5.74) is 2.23. The number of esters is 1. The summed E-state index contributed by atoms with van der Waals surface area (Å²) in [5, 5.41) is 2.79. The quantitative estimate of drug-likeness (QED) is 0.771. The second-order valence-corrected chi connectivity index (χ2v) is 7.32. The molecule has 2 N–H and O–H groups in total. The zero-order chi connectivity index (χ0) is 20.3. The van der Waals surface area contributed by atoms with E-state index in [4.69, 9.17) is 4.74 Å². The summed E-state index contributed by atoms with van der Waals surface area (Å²) < 4.78 is 18.7. The van der Waals surface area contributed by atoms with E-state index in [2.05, 4.69) is 15.3 Å². The van der Waals surface area contributed by atoms with Crippen molar-refractivity contribution in [3.05, 3.63) is 53.4 Å². The van der Waals surface area contributed by atoms with Crippen molar-refractivity contribution in [3.63, 3.8) is 0 Å². The average molecular weight is 388 g/mol. The van der Waals surface area contributed by atoms with Gasteiger partial charge in [0.1, 0.15) is 17.9 Å². The number of hydrogen-bond acceptors (Lipinski definition) is 4. The number of nitrogens with zero attached hydrogens (tertiary/aromatic N) is 2. The minimum absolute atomic E-state index is 0.197. The molecule has 2 atom stereocenters. The number of nitrogens with one attached hydrogen (secondary N) is 2. The number of amides is 2. The van der Waals surface area contributed by atoms with Crippen LogP contribution in [0.5, 0.6) is 0 Å². The highest BCUT2D eigenvalue weighted by Crippen LogP contribution is 2.33. The molecule has 150 valence electrons. The van der Waals surface area contributed by atoms with Crippen LogP contribution in [0.2, 0.25) is 0 Å². The molecule has 2 aromatic rings. The minimum atomic E-state index is -0.744. The van der Waals surface area contributed by atoms with Gasteiger partial charge < -0.3 is 19.9 Å². The first-order valence-corrected chi connectivity index (χ1v) is 9.33. The van der Waals surface area contributed by atoms with E-state index >= 15 is 0 Å². The third-order valence-corrected chi connectivity index (χ3v) is 4.84. The molecule has 7 nitrogen and oxygen atoms in total. The van der Waals surface area contributed by atoms with Crippen LogP contribution in [-0.2, 0) is 16.0 Å². The molecule has 3 rings (SSSR count). The Kier molecular flexibility index (Phi) is 5.96. The van der Waals surface area contributed by atoms with E-state index in [1.165, 1.54) is 19.2 Å². The van der Waals surface area contributed by atoms with Crippen LogP contribution >= 0.6 is 0 Å². The van der Waals surface area contributed by atoms with E-state index < -0.39 is 24.1 Å². The first-order valence-electron chi connectivity index (χ1n) is 9.33. The lowest BCUT2D eigenvalue weighted by molar-refractivity contribution is -0.143. The molecule has 0 saturated carbocycles. The lowest BCUT2D eigenvalue weighted by Gasteiger charge is -2.36. The molecule has 0 radical (unpaired) electrons. The molecule has 2 heterocycles. The van der Waals surface area contributed by atoms with Crippen molar-refractivity contribution in [2.75, 3.05) is 13.7 Å². The summed E-state index contributed by atoms with van der Waals surface area (Å²) in [7, 11) is 1.30. The van der Waals surface area contributed by atoms with Crippen LogP contribution in [0.25, 0.3) is 0 Å². The fourth-order valence-corrected chi connectivity index (χ4v) is 3.57. The molecule has 0 bridgehead atoms. The van der Waals surface area contributed by atoms with Crippen molar-refractivity contribution in [3.8, 4) is 0 Å². The number of aromatic nitrogens is 2. The Labute approximate surface area is 163 Å². The number of ether oxygens (including phenoxy) is 1. The van der Waals surface area contributed by atoms with Crippen molar-refractivity contribution >= 4 is 12.0 Å². The first-order chi connectivity index (χ1) is 13.4. The Hall–Kier alpha value is -2.90. The van der Waals surface area contributed by atoms with E-state index in [-0.39, 0.29) is 11.7 Å². The molecule has 0 spiro atoms. The predicted molar refractivity (Wildman–Crippen MR) is 101 cm³/mol. The maximum Gasteiger partial charge on any atom is 0.328 e. The number of halogens is 1. The second-order valence-electron chi connectivity index (χ2n) is 7.32. The SMILES string of the molecule is COC(=O)[C@H](CC(C)C)NC(=O)N1CCc2[nH]cnc2C1c1cccc(F)c1. The number of benzene rings is 1. The molecule has 1 aromatic carbocycles. The van der Waals surface area contributed by atoms with Crippen LogP contribution in [-0.4, -0.2) is 46.6 Å². The number of rotatable bonds is 5. The Morgan fingerprint density at radius 2 is 2.21 bits per heavy atom. The fraction of sp³-hybridized carbons (Fsp3) is 0.450. The Morgan fingerprint density at radius 3 is 2.89 bits per heavy atom. The van der Waals surface area contributed by atoms with Gasteiger partial charge in [-0.3, -0.25) is 0 Å². The van der Waals surface area contributed by atoms with Gasteiger partial charge in [0.15, 0.2) is 0 Å². The second kappa shape index (κ2) is 8.41. The van der Waals surface area contributed by atoms with Crippen LogP contribution in [0, 0.1) is 11.7 Å². The number of imidazole rings is 1. The maximum atomic E-state index is 13.8. The maximum absolute atomic E-state index is 13.8. The van der Waals surface area contributed by atoms with Gasteiger partial charge in [0, 0.05) is 18.7 Å². The lowest BCUT2D eigenvalue weighted by Crippen LogP contribution is -2.51. The van der Waals surface area contributed by atoms with Gasteiger partial charge in [-0.15, -0.1) is 0 Å². The van der Waals surface area contributed by atoms with Gasteiger partial charge in [-0.2, -0.15) is 0 Å². The Morgan fingerprint density at radius 1 is 1.43 bits per heavy atom. The summed E-state index contributed by atoms with van der Waals surface area (Å²) in [6.07, 6.45) is 2.64. The van der Waals surface area contributed by atoms with Crippen LogP contribution in [0.4, 0.5) is 9.18 Å². The molecular formula is C20H25FN4O3. The highest BCUT2D eigenvalue weighted by molar-refractivity contribution is 5.84. The number of hydrogen-bond donors (Lipinski definition) is 2. The average Bonchev–Trinajstić information content (AvgIpc) is 3.14. The molecule has 1 aliphatic rings. The van der Waals surface area contributed by atoms with Gasteiger partial charge in [0.2, 0.25) is 0 Å². The van der Waals surface area contributed by atoms with Gasteiger partial charge >= 0.3 is 12.0 Å². The van der Waals surface area contributed by atoms with E-state index in [0.717, 1.165) is 5.69 Å². The third-order valence-electron chi connectivity index (χ3n) is 4.84.